The Kier molecular flexibility index (Phi) is 7.03. The Bertz CT molecular complexity index is 759. The molecule has 2 rings (SSSR count). The maximum Gasteiger partial charge on any atom is 0.416 e. The molecule has 0 spiro atoms. The fraction of sp³-hybridized carbons (Fsp3) is 0.471. The molecule has 0 amide bonds. The second-order valence-electron chi connectivity index (χ2n) is 5.78. The lowest BCUT2D eigenvalue weighted by atomic mass is 10.2. The number of alkyl halides is 3. The number of aromatic nitrogens is 3. The predicted octanol–water partition coefficient (Wildman–Crippen LogP) is 2.36. The third kappa shape index (κ3) is 6.15. The minimum absolute atomic E-state index is 0.181. The number of ether oxygens (including phenoxy) is 1. The molecule has 0 saturated heterocycles. The lowest BCUT2D eigenvalue weighted by Gasteiger charge is -2.20. The van der Waals surface area contributed by atoms with Gasteiger partial charge in [0.1, 0.15) is 24.0 Å². The van der Waals surface area contributed by atoms with Crippen molar-refractivity contribution in [2.24, 2.45) is 12.0 Å². The number of hydrogen-bond acceptors (Lipinski definition) is 4. The zero-order valence-electron chi connectivity index (χ0n) is 15.4. The molecule has 148 valence electrons. The van der Waals surface area contributed by atoms with Crippen LogP contribution in [0.2, 0.25) is 0 Å². The van der Waals surface area contributed by atoms with Crippen LogP contribution < -0.4 is 15.4 Å². The molecule has 1 unspecified atom stereocenters. The second kappa shape index (κ2) is 9.24. The van der Waals surface area contributed by atoms with Gasteiger partial charge >= 0.3 is 6.18 Å². The zero-order chi connectivity index (χ0) is 19.9. The number of nitrogens with zero attached hydrogens (tertiary/aromatic N) is 4. The van der Waals surface area contributed by atoms with Crippen molar-refractivity contribution in [3.05, 3.63) is 42.0 Å². The molecule has 0 aliphatic carbocycles. The normalized spacial score (nSPS) is 13.3. The van der Waals surface area contributed by atoms with Gasteiger partial charge in [-0.3, -0.25) is 9.67 Å². The first-order chi connectivity index (χ1) is 12.8. The smallest absolute Gasteiger partial charge is 0.416 e. The highest BCUT2D eigenvalue weighted by atomic mass is 19.4. The lowest BCUT2D eigenvalue weighted by Crippen LogP contribution is -2.42. The highest BCUT2D eigenvalue weighted by Gasteiger charge is 2.30. The molecule has 0 aliphatic heterocycles. The molecule has 1 atom stereocenters. The van der Waals surface area contributed by atoms with E-state index < -0.39 is 11.7 Å². The number of rotatable bonds is 7. The van der Waals surface area contributed by atoms with Crippen molar-refractivity contribution in [2.45, 2.75) is 32.2 Å². The Balaban J connectivity index is 1.89. The van der Waals surface area contributed by atoms with Gasteiger partial charge in [-0.25, -0.2) is 4.98 Å². The quantitative estimate of drug-likeness (QED) is 0.566. The van der Waals surface area contributed by atoms with Gasteiger partial charge in [-0.15, -0.1) is 0 Å². The molecule has 7 nitrogen and oxygen atoms in total. The molecule has 27 heavy (non-hydrogen) atoms. The third-order valence-electron chi connectivity index (χ3n) is 3.86. The summed E-state index contributed by atoms with van der Waals surface area (Å²) in [5.41, 5.74) is -0.732. The summed E-state index contributed by atoms with van der Waals surface area (Å²) < 4.78 is 45.8. The van der Waals surface area contributed by atoms with Crippen LogP contribution in [0.5, 0.6) is 5.75 Å². The Morgan fingerprint density at radius 3 is 2.70 bits per heavy atom. The van der Waals surface area contributed by atoms with Crippen molar-refractivity contribution in [3.63, 3.8) is 0 Å². The van der Waals surface area contributed by atoms with Gasteiger partial charge in [0, 0.05) is 14.1 Å². The van der Waals surface area contributed by atoms with Crippen LogP contribution in [0.4, 0.5) is 13.2 Å². The first-order valence-corrected chi connectivity index (χ1v) is 8.44. The fourth-order valence-corrected chi connectivity index (χ4v) is 2.28. The SMILES string of the molecule is CCC(CNC(=NC)NCc1ncnn1C)Oc1cccc(C(F)(F)F)c1. The molecule has 0 bridgehead atoms. The molecular weight excluding hydrogens is 361 g/mol. The van der Waals surface area contributed by atoms with Crippen LogP contribution in [0.25, 0.3) is 0 Å². The summed E-state index contributed by atoms with van der Waals surface area (Å²) in [6.07, 6.45) is -2.64. The molecule has 1 aromatic carbocycles. The Morgan fingerprint density at radius 1 is 1.33 bits per heavy atom. The van der Waals surface area contributed by atoms with E-state index in [0.717, 1.165) is 18.0 Å². The molecule has 0 aliphatic rings. The topological polar surface area (TPSA) is 76.4 Å². The maximum absolute atomic E-state index is 12.8. The van der Waals surface area contributed by atoms with Crippen molar-refractivity contribution in [1.82, 2.24) is 25.4 Å². The summed E-state index contributed by atoms with van der Waals surface area (Å²) in [5.74, 6) is 1.45. The van der Waals surface area contributed by atoms with Gasteiger partial charge in [0.2, 0.25) is 0 Å². The third-order valence-corrected chi connectivity index (χ3v) is 3.86. The Labute approximate surface area is 155 Å². The van der Waals surface area contributed by atoms with Crippen LogP contribution in [0.3, 0.4) is 0 Å². The van der Waals surface area contributed by atoms with Gasteiger partial charge in [0.25, 0.3) is 0 Å². The second-order valence-corrected chi connectivity index (χ2v) is 5.78. The minimum Gasteiger partial charge on any atom is -0.489 e. The molecule has 2 aromatic rings. The monoisotopic (exact) mass is 384 g/mol. The number of aliphatic imine (C=N–C) groups is 1. The molecule has 0 radical (unpaired) electrons. The van der Waals surface area contributed by atoms with Gasteiger partial charge < -0.3 is 15.4 Å². The average Bonchev–Trinajstić information content (AvgIpc) is 3.05. The maximum atomic E-state index is 12.8. The van der Waals surface area contributed by atoms with Crippen LogP contribution in [0.1, 0.15) is 24.7 Å². The number of hydrogen-bond donors (Lipinski definition) is 2. The van der Waals surface area contributed by atoms with E-state index in [-0.39, 0.29) is 11.9 Å². The van der Waals surface area contributed by atoms with Crippen molar-refractivity contribution >= 4 is 5.96 Å². The van der Waals surface area contributed by atoms with E-state index in [2.05, 4.69) is 25.7 Å². The number of aryl methyl sites for hydroxylation is 1. The Morgan fingerprint density at radius 2 is 2.11 bits per heavy atom. The van der Waals surface area contributed by atoms with Crippen molar-refractivity contribution in [3.8, 4) is 5.75 Å². The largest absolute Gasteiger partial charge is 0.489 e. The number of benzene rings is 1. The van der Waals surface area contributed by atoms with Crippen molar-refractivity contribution < 1.29 is 17.9 Å². The molecule has 2 N–H and O–H groups in total. The fourth-order valence-electron chi connectivity index (χ4n) is 2.28. The minimum atomic E-state index is -4.40. The molecule has 1 aromatic heterocycles. The van der Waals surface area contributed by atoms with Gasteiger partial charge in [-0.05, 0) is 24.6 Å². The standard InChI is InChI=1S/C17H23F3N6O/c1-4-13(27-14-7-5-6-12(8-14)17(18,19)20)9-22-16(21-2)23-10-15-24-11-25-26(15)3/h5-8,11,13H,4,9-10H2,1-3H3,(H2,21,22,23). The number of nitrogens with one attached hydrogen (secondary N) is 2. The Hall–Kier alpha value is -2.78. The molecule has 0 fully saturated rings. The zero-order valence-corrected chi connectivity index (χ0v) is 15.4. The van der Waals surface area contributed by atoms with Crippen LogP contribution >= 0.6 is 0 Å². The summed E-state index contributed by atoms with van der Waals surface area (Å²) in [4.78, 5) is 8.22. The predicted molar refractivity (Wildman–Crippen MR) is 95.4 cm³/mol. The van der Waals surface area contributed by atoms with E-state index in [1.165, 1.54) is 18.5 Å². The van der Waals surface area contributed by atoms with Crippen LogP contribution in [0.15, 0.2) is 35.6 Å². The van der Waals surface area contributed by atoms with E-state index in [1.54, 1.807) is 18.8 Å². The number of halogens is 3. The van der Waals surface area contributed by atoms with Gasteiger partial charge in [0.05, 0.1) is 18.7 Å². The first-order valence-electron chi connectivity index (χ1n) is 8.44. The number of guanidine groups is 1. The van der Waals surface area contributed by atoms with Crippen LogP contribution in [-0.2, 0) is 19.8 Å². The summed E-state index contributed by atoms with van der Waals surface area (Å²) in [6, 6.07) is 4.87. The summed E-state index contributed by atoms with van der Waals surface area (Å²) in [5, 5.41) is 10.2. The molecule has 1 heterocycles. The van der Waals surface area contributed by atoms with E-state index in [0.29, 0.717) is 25.5 Å². The van der Waals surface area contributed by atoms with E-state index >= 15 is 0 Å². The summed E-state index contributed by atoms with van der Waals surface area (Å²) >= 11 is 0. The average molecular weight is 384 g/mol. The van der Waals surface area contributed by atoms with E-state index in [1.807, 2.05) is 6.92 Å². The van der Waals surface area contributed by atoms with Crippen molar-refractivity contribution in [1.29, 1.82) is 0 Å². The van der Waals surface area contributed by atoms with E-state index in [9.17, 15) is 13.2 Å². The van der Waals surface area contributed by atoms with E-state index in [4.69, 9.17) is 4.74 Å². The molecule has 10 heteroatoms. The van der Waals surface area contributed by atoms with Gasteiger partial charge in [-0.1, -0.05) is 13.0 Å². The first kappa shape index (κ1) is 20.5. The molecule has 0 saturated carbocycles. The van der Waals surface area contributed by atoms with Gasteiger partial charge in [-0.2, -0.15) is 18.3 Å². The summed E-state index contributed by atoms with van der Waals surface area (Å²) in [7, 11) is 3.41. The lowest BCUT2D eigenvalue weighted by molar-refractivity contribution is -0.137. The summed E-state index contributed by atoms with van der Waals surface area (Å²) in [6.45, 7) is 2.71. The van der Waals surface area contributed by atoms with Gasteiger partial charge in [0.15, 0.2) is 5.96 Å². The highest BCUT2D eigenvalue weighted by molar-refractivity contribution is 5.79. The van der Waals surface area contributed by atoms with Crippen LogP contribution in [0, 0.1) is 0 Å². The van der Waals surface area contributed by atoms with Crippen molar-refractivity contribution in [2.75, 3.05) is 13.6 Å². The highest BCUT2D eigenvalue weighted by Crippen LogP contribution is 2.31. The van der Waals surface area contributed by atoms with Crippen LogP contribution in [-0.4, -0.2) is 40.4 Å². The molecular formula is C17H23F3N6O.